The van der Waals surface area contributed by atoms with E-state index in [9.17, 15) is 4.39 Å². The molecule has 0 bridgehead atoms. The Hall–Kier alpha value is -1.66. The number of methoxy groups -OCH3 is 1. The minimum Gasteiger partial charge on any atom is -0.497 e. The first kappa shape index (κ1) is 13.3. The molecule has 0 unspecified atom stereocenters. The minimum absolute atomic E-state index is 0.317. The van der Waals surface area contributed by atoms with Crippen molar-refractivity contribution in [1.29, 1.82) is 0 Å². The van der Waals surface area contributed by atoms with Crippen LogP contribution in [-0.2, 0) is 0 Å². The third-order valence-corrected chi connectivity index (χ3v) is 3.99. The largest absolute Gasteiger partial charge is 0.497 e. The summed E-state index contributed by atoms with van der Waals surface area (Å²) in [5.74, 6) is 0.398. The Balaban J connectivity index is 2.37. The maximum Gasteiger partial charge on any atom is 0.182 e. The molecule has 0 fully saturated rings. The van der Waals surface area contributed by atoms with Crippen molar-refractivity contribution >= 4 is 39.2 Å². The van der Waals surface area contributed by atoms with Gasteiger partial charge in [-0.3, -0.25) is 4.57 Å². The summed E-state index contributed by atoms with van der Waals surface area (Å²) in [5.41, 5.74) is 2.35. The molecule has 0 aliphatic carbocycles. The quantitative estimate of drug-likeness (QED) is 0.683. The number of aromatic amines is 1. The van der Waals surface area contributed by atoms with Crippen LogP contribution in [-0.4, -0.2) is 16.7 Å². The normalized spacial score (nSPS) is 10.9. The van der Waals surface area contributed by atoms with Crippen LogP contribution in [0.15, 0.2) is 40.9 Å². The molecular weight excluding hydrogens is 343 g/mol. The van der Waals surface area contributed by atoms with Crippen molar-refractivity contribution in [3.8, 4) is 11.4 Å². The molecule has 1 heterocycles. The number of rotatable bonds is 2. The molecule has 2 aromatic carbocycles. The lowest BCUT2D eigenvalue weighted by atomic mass is 10.2. The van der Waals surface area contributed by atoms with E-state index in [1.165, 1.54) is 12.1 Å². The summed E-state index contributed by atoms with van der Waals surface area (Å²) >= 11 is 8.77. The average Bonchev–Trinajstić information content (AvgIpc) is 2.76. The Bertz CT molecular complexity index is 856. The number of aromatic nitrogens is 2. The number of halogens is 2. The van der Waals surface area contributed by atoms with Crippen molar-refractivity contribution < 1.29 is 9.13 Å². The molecule has 20 heavy (non-hydrogen) atoms. The summed E-state index contributed by atoms with van der Waals surface area (Å²) in [4.78, 5) is 3.10. The van der Waals surface area contributed by atoms with Crippen LogP contribution in [0.2, 0.25) is 0 Å². The number of nitrogens with one attached hydrogen (secondary N) is 1. The number of H-pyrrole nitrogens is 1. The van der Waals surface area contributed by atoms with Crippen LogP contribution in [0.1, 0.15) is 0 Å². The van der Waals surface area contributed by atoms with E-state index in [-0.39, 0.29) is 5.82 Å². The lowest BCUT2D eigenvalue weighted by molar-refractivity contribution is 0.415. The minimum atomic E-state index is -0.317. The van der Waals surface area contributed by atoms with Gasteiger partial charge in [-0.05, 0) is 58.5 Å². The molecule has 0 spiro atoms. The van der Waals surface area contributed by atoms with E-state index in [0.29, 0.717) is 16.2 Å². The third-order valence-electron chi connectivity index (χ3n) is 3.04. The highest BCUT2D eigenvalue weighted by molar-refractivity contribution is 9.10. The third kappa shape index (κ3) is 2.14. The Morgan fingerprint density at radius 1 is 1.25 bits per heavy atom. The number of hydrogen-bond donors (Lipinski definition) is 1. The average molecular weight is 353 g/mol. The lowest BCUT2D eigenvalue weighted by Crippen LogP contribution is -1.96. The maximum absolute atomic E-state index is 13.5. The van der Waals surface area contributed by atoms with Crippen LogP contribution in [0, 0.1) is 10.6 Å². The van der Waals surface area contributed by atoms with Crippen molar-refractivity contribution in [1.82, 2.24) is 9.55 Å². The molecule has 0 atom stereocenters. The SMILES string of the molecule is COc1ccc2[nH]c(=S)n(-c3cc(F)ccc3Br)c2c1. The first-order chi connectivity index (χ1) is 9.60. The number of fused-ring (bicyclic) bond motifs is 1. The van der Waals surface area contributed by atoms with E-state index < -0.39 is 0 Å². The zero-order valence-corrected chi connectivity index (χ0v) is 12.9. The molecule has 1 N–H and O–H groups in total. The van der Waals surface area contributed by atoms with Crippen LogP contribution >= 0.6 is 28.1 Å². The van der Waals surface area contributed by atoms with Crippen LogP contribution in [0.25, 0.3) is 16.7 Å². The first-order valence-electron chi connectivity index (χ1n) is 5.84. The van der Waals surface area contributed by atoms with Crippen LogP contribution in [0.3, 0.4) is 0 Å². The summed E-state index contributed by atoms with van der Waals surface area (Å²) in [6.45, 7) is 0. The summed E-state index contributed by atoms with van der Waals surface area (Å²) in [5, 5.41) is 0. The molecule has 0 amide bonds. The molecule has 3 nitrogen and oxygen atoms in total. The Morgan fingerprint density at radius 3 is 2.80 bits per heavy atom. The zero-order chi connectivity index (χ0) is 14.3. The molecule has 1 aromatic heterocycles. The summed E-state index contributed by atoms with van der Waals surface area (Å²) in [6, 6.07) is 10.1. The smallest absolute Gasteiger partial charge is 0.182 e. The monoisotopic (exact) mass is 352 g/mol. The number of hydrogen-bond acceptors (Lipinski definition) is 2. The molecule has 0 aliphatic rings. The predicted octanol–water partition coefficient (Wildman–Crippen LogP) is 4.60. The van der Waals surface area contributed by atoms with Gasteiger partial charge in [-0.15, -0.1) is 0 Å². The summed E-state index contributed by atoms with van der Waals surface area (Å²) in [7, 11) is 1.60. The standard InChI is InChI=1S/C14H10BrFN2OS/c1-19-9-3-5-11-13(7-9)18(14(20)17-11)12-6-8(16)2-4-10(12)15/h2-7H,1H3,(H,17,20). The number of benzene rings is 2. The lowest BCUT2D eigenvalue weighted by Gasteiger charge is -2.08. The van der Waals surface area contributed by atoms with E-state index in [0.717, 1.165) is 15.5 Å². The van der Waals surface area contributed by atoms with Gasteiger partial charge in [0.25, 0.3) is 0 Å². The van der Waals surface area contributed by atoms with Gasteiger partial charge in [0, 0.05) is 10.5 Å². The number of imidazole rings is 1. The van der Waals surface area contributed by atoms with Gasteiger partial charge in [-0.25, -0.2) is 4.39 Å². The fourth-order valence-corrected chi connectivity index (χ4v) is 2.84. The number of ether oxygens (including phenoxy) is 1. The van der Waals surface area contributed by atoms with Gasteiger partial charge in [0.05, 0.1) is 23.8 Å². The second-order valence-electron chi connectivity index (χ2n) is 4.24. The van der Waals surface area contributed by atoms with Gasteiger partial charge in [0.15, 0.2) is 4.77 Å². The Morgan fingerprint density at radius 2 is 2.05 bits per heavy atom. The molecule has 6 heteroatoms. The molecule has 0 radical (unpaired) electrons. The highest BCUT2D eigenvalue weighted by Gasteiger charge is 2.11. The maximum atomic E-state index is 13.5. The molecule has 3 aromatic rings. The molecule has 0 aliphatic heterocycles. The topological polar surface area (TPSA) is 29.9 Å². The van der Waals surface area contributed by atoms with Crippen LogP contribution in [0.5, 0.6) is 5.75 Å². The summed E-state index contributed by atoms with van der Waals surface area (Å²) in [6.07, 6.45) is 0. The molecular formula is C14H10BrFN2OS. The zero-order valence-electron chi connectivity index (χ0n) is 10.5. The van der Waals surface area contributed by atoms with Crippen LogP contribution < -0.4 is 4.74 Å². The fraction of sp³-hybridized carbons (Fsp3) is 0.0714. The van der Waals surface area contributed by atoms with Gasteiger partial charge < -0.3 is 9.72 Å². The van der Waals surface area contributed by atoms with Gasteiger partial charge in [-0.2, -0.15) is 0 Å². The van der Waals surface area contributed by atoms with Crippen molar-refractivity contribution in [2.75, 3.05) is 7.11 Å². The van der Waals surface area contributed by atoms with Crippen LogP contribution in [0.4, 0.5) is 4.39 Å². The first-order valence-corrected chi connectivity index (χ1v) is 7.04. The second kappa shape index (κ2) is 5.03. The Kier molecular flexibility index (Phi) is 3.35. The molecule has 0 saturated carbocycles. The fourth-order valence-electron chi connectivity index (χ4n) is 2.11. The summed E-state index contributed by atoms with van der Waals surface area (Å²) < 4.78 is 21.8. The highest BCUT2D eigenvalue weighted by atomic mass is 79.9. The van der Waals surface area contributed by atoms with Crippen molar-refractivity contribution in [2.45, 2.75) is 0 Å². The van der Waals surface area contributed by atoms with Gasteiger partial charge in [0.1, 0.15) is 11.6 Å². The van der Waals surface area contributed by atoms with E-state index in [1.807, 2.05) is 18.2 Å². The molecule has 0 saturated heterocycles. The Labute approximate surface area is 128 Å². The number of nitrogens with zero attached hydrogens (tertiary/aromatic N) is 1. The van der Waals surface area contributed by atoms with Gasteiger partial charge in [0.2, 0.25) is 0 Å². The molecule has 102 valence electrons. The van der Waals surface area contributed by atoms with Gasteiger partial charge in [-0.1, -0.05) is 0 Å². The van der Waals surface area contributed by atoms with E-state index in [2.05, 4.69) is 20.9 Å². The van der Waals surface area contributed by atoms with E-state index >= 15 is 0 Å². The van der Waals surface area contributed by atoms with Crippen molar-refractivity contribution in [3.05, 3.63) is 51.5 Å². The van der Waals surface area contributed by atoms with Gasteiger partial charge >= 0.3 is 0 Å². The van der Waals surface area contributed by atoms with E-state index in [1.54, 1.807) is 17.7 Å². The molecule has 3 rings (SSSR count). The highest BCUT2D eigenvalue weighted by Crippen LogP contribution is 2.28. The van der Waals surface area contributed by atoms with E-state index in [4.69, 9.17) is 17.0 Å². The predicted molar refractivity (Wildman–Crippen MR) is 82.7 cm³/mol. The van der Waals surface area contributed by atoms with Crippen molar-refractivity contribution in [3.63, 3.8) is 0 Å². The van der Waals surface area contributed by atoms with Crippen molar-refractivity contribution in [2.24, 2.45) is 0 Å². The second-order valence-corrected chi connectivity index (χ2v) is 5.49.